The summed E-state index contributed by atoms with van der Waals surface area (Å²) in [6.45, 7) is 1.51. The van der Waals surface area contributed by atoms with E-state index in [-0.39, 0.29) is 23.9 Å². The quantitative estimate of drug-likeness (QED) is 0.883. The number of hydrogen-bond acceptors (Lipinski definition) is 4. The molecule has 1 saturated heterocycles. The molecule has 1 aromatic heterocycles. The first kappa shape index (κ1) is 18.1. The molecular formula is C18H18FN3O3S. The lowest BCUT2D eigenvalue weighted by molar-refractivity contribution is -0.131. The van der Waals surface area contributed by atoms with Crippen LogP contribution < -0.4 is 5.32 Å². The summed E-state index contributed by atoms with van der Waals surface area (Å²) in [4.78, 5) is 40.5. The Morgan fingerprint density at radius 3 is 2.35 bits per heavy atom. The monoisotopic (exact) mass is 375 g/mol. The number of hydrogen-bond donors (Lipinski definition) is 1. The molecule has 1 fully saturated rings. The van der Waals surface area contributed by atoms with E-state index < -0.39 is 11.7 Å². The van der Waals surface area contributed by atoms with Gasteiger partial charge in [-0.05, 0) is 23.6 Å². The Bertz CT molecular complexity index is 802. The minimum atomic E-state index is -0.627. The minimum Gasteiger partial charge on any atom is -0.343 e. The second-order valence-corrected chi connectivity index (χ2v) is 6.76. The highest BCUT2D eigenvalue weighted by molar-refractivity contribution is 7.12. The molecule has 6 nitrogen and oxygen atoms in total. The molecule has 2 heterocycles. The second kappa shape index (κ2) is 8.09. The van der Waals surface area contributed by atoms with Crippen molar-refractivity contribution in [3.8, 4) is 0 Å². The molecule has 1 aliphatic heterocycles. The van der Waals surface area contributed by atoms with Crippen LogP contribution in [0.15, 0.2) is 41.8 Å². The summed E-state index contributed by atoms with van der Waals surface area (Å²) in [6, 6.07) is 9.22. The standard InChI is InChI=1S/C18H18FN3O3S/c19-14-5-2-1-4-13(14)17(24)20-12-16(23)21-7-9-22(10-8-21)18(25)15-6-3-11-26-15/h1-6,11H,7-10,12H2,(H,20,24). The molecule has 8 heteroatoms. The molecular weight excluding hydrogens is 357 g/mol. The van der Waals surface area contributed by atoms with Crippen molar-refractivity contribution in [3.05, 3.63) is 58.0 Å². The molecule has 0 radical (unpaired) electrons. The van der Waals surface area contributed by atoms with Crippen LogP contribution in [0.2, 0.25) is 0 Å². The fourth-order valence-electron chi connectivity index (χ4n) is 2.72. The summed E-state index contributed by atoms with van der Waals surface area (Å²) < 4.78 is 13.6. The van der Waals surface area contributed by atoms with Gasteiger partial charge < -0.3 is 15.1 Å². The number of nitrogens with zero attached hydrogens (tertiary/aromatic N) is 2. The van der Waals surface area contributed by atoms with Gasteiger partial charge in [0, 0.05) is 26.2 Å². The van der Waals surface area contributed by atoms with E-state index >= 15 is 0 Å². The highest BCUT2D eigenvalue weighted by atomic mass is 32.1. The van der Waals surface area contributed by atoms with Crippen molar-refractivity contribution in [2.75, 3.05) is 32.7 Å². The van der Waals surface area contributed by atoms with E-state index in [2.05, 4.69) is 5.32 Å². The van der Waals surface area contributed by atoms with Crippen LogP contribution in [0.1, 0.15) is 20.0 Å². The maximum absolute atomic E-state index is 13.6. The minimum absolute atomic E-state index is 0.0278. The van der Waals surface area contributed by atoms with E-state index in [1.165, 1.54) is 29.5 Å². The smallest absolute Gasteiger partial charge is 0.264 e. The van der Waals surface area contributed by atoms with E-state index in [0.29, 0.717) is 31.1 Å². The van der Waals surface area contributed by atoms with Crippen molar-refractivity contribution >= 4 is 29.1 Å². The summed E-state index contributed by atoms with van der Waals surface area (Å²) in [6.07, 6.45) is 0. The van der Waals surface area contributed by atoms with Crippen LogP contribution in [-0.2, 0) is 4.79 Å². The predicted molar refractivity (Wildman–Crippen MR) is 95.5 cm³/mol. The lowest BCUT2D eigenvalue weighted by atomic mass is 10.2. The van der Waals surface area contributed by atoms with Gasteiger partial charge in [-0.3, -0.25) is 14.4 Å². The molecule has 3 amide bonds. The van der Waals surface area contributed by atoms with Gasteiger partial charge >= 0.3 is 0 Å². The van der Waals surface area contributed by atoms with Crippen LogP contribution in [0.25, 0.3) is 0 Å². The van der Waals surface area contributed by atoms with Crippen LogP contribution in [0.3, 0.4) is 0 Å². The van der Waals surface area contributed by atoms with E-state index in [9.17, 15) is 18.8 Å². The molecule has 0 atom stereocenters. The summed E-state index contributed by atoms with van der Waals surface area (Å²) in [5.74, 6) is -1.53. The molecule has 0 bridgehead atoms. The molecule has 0 unspecified atom stereocenters. The second-order valence-electron chi connectivity index (χ2n) is 5.81. The Labute approximate surface area is 154 Å². The molecule has 2 aromatic rings. The van der Waals surface area contributed by atoms with Gasteiger partial charge in [0.1, 0.15) is 5.82 Å². The van der Waals surface area contributed by atoms with Gasteiger partial charge in [0.15, 0.2) is 0 Å². The number of nitrogens with one attached hydrogen (secondary N) is 1. The van der Waals surface area contributed by atoms with Gasteiger partial charge in [-0.25, -0.2) is 4.39 Å². The molecule has 26 heavy (non-hydrogen) atoms. The third-order valence-electron chi connectivity index (χ3n) is 4.17. The predicted octanol–water partition coefficient (Wildman–Crippen LogP) is 1.60. The molecule has 0 aliphatic carbocycles. The number of halogens is 1. The van der Waals surface area contributed by atoms with Gasteiger partial charge in [-0.15, -0.1) is 11.3 Å². The zero-order valence-corrected chi connectivity index (χ0v) is 14.8. The maximum Gasteiger partial charge on any atom is 0.264 e. The van der Waals surface area contributed by atoms with Gasteiger partial charge in [-0.2, -0.15) is 0 Å². The third kappa shape index (κ3) is 4.08. The first-order chi connectivity index (χ1) is 12.6. The Kier molecular flexibility index (Phi) is 5.62. The van der Waals surface area contributed by atoms with E-state index in [1.807, 2.05) is 11.4 Å². The van der Waals surface area contributed by atoms with Crippen LogP contribution in [0, 0.1) is 5.82 Å². The number of thiophene rings is 1. The zero-order chi connectivity index (χ0) is 18.5. The van der Waals surface area contributed by atoms with Crippen molar-refractivity contribution in [2.24, 2.45) is 0 Å². The first-order valence-corrected chi connectivity index (χ1v) is 9.07. The number of carbonyl (C=O) groups excluding carboxylic acids is 3. The maximum atomic E-state index is 13.6. The van der Waals surface area contributed by atoms with Crippen molar-refractivity contribution in [3.63, 3.8) is 0 Å². The van der Waals surface area contributed by atoms with Crippen LogP contribution >= 0.6 is 11.3 Å². The molecule has 1 aromatic carbocycles. The van der Waals surface area contributed by atoms with E-state index in [0.717, 1.165) is 0 Å². The summed E-state index contributed by atoms with van der Waals surface area (Å²) in [5, 5.41) is 4.30. The molecule has 1 N–H and O–H groups in total. The normalized spacial score (nSPS) is 14.2. The fraction of sp³-hybridized carbons (Fsp3) is 0.278. The third-order valence-corrected chi connectivity index (χ3v) is 5.03. The number of benzene rings is 1. The molecule has 1 aliphatic rings. The number of carbonyl (C=O) groups is 3. The summed E-state index contributed by atoms with van der Waals surface area (Å²) in [5.41, 5.74) is -0.0911. The Morgan fingerprint density at radius 2 is 1.69 bits per heavy atom. The first-order valence-electron chi connectivity index (χ1n) is 8.19. The highest BCUT2D eigenvalue weighted by Gasteiger charge is 2.25. The number of piperazine rings is 1. The number of rotatable bonds is 4. The largest absolute Gasteiger partial charge is 0.343 e. The molecule has 3 rings (SSSR count). The topological polar surface area (TPSA) is 69.7 Å². The van der Waals surface area contributed by atoms with Gasteiger partial charge in [0.2, 0.25) is 5.91 Å². The average Bonchev–Trinajstić information content (AvgIpc) is 3.20. The summed E-state index contributed by atoms with van der Waals surface area (Å²) >= 11 is 1.39. The lowest BCUT2D eigenvalue weighted by Crippen LogP contribution is -2.52. The Hall–Kier alpha value is -2.74. The molecule has 0 saturated carbocycles. The molecule has 0 spiro atoms. The van der Waals surface area contributed by atoms with Crippen molar-refractivity contribution < 1.29 is 18.8 Å². The van der Waals surface area contributed by atoms with Gasteiger partial charge in [-0.1, -0.05) is 18.2 Å². The average molecular weight is 375 g/mol. The summed E-state index contributed by atoms with van der Waals surface area (Å²) in [7, 11) is 0. The lowest BCUT2D eigenvalue weighted by Gasteiger charge is -2.34. The SMILES string of the molecule is O=C(NCC(=O)N1CCN(C(=O)c2cccs2)CC1)c1ccccc1F. The van der Waals surface area contributed by atoms with Crippen molar-refractivity contribution in [1.29, 1.82) is 0 Å². The van der Waals surface area contributed by atoms with E-state index in [4.69, 9.17) is 0 Å². The Morgan fingerprint density at radius 1 is 1.00 bits per heavy atom. The van der Waals surface area contributed by atoms with Gasteiger partial charge in [0.05, 0.1) is 17.0 Å². The van der Waals surface area contributed by atoms with Crippen molar-refractivity contribution in [1.82, 2.24) is 15.1 Å². The molecule has 136 valence electrons. The van der Waals surface area contributed by atoms with E-state index in [1.54, 1.807) is 21.9 Å². The fourth-order valence-corrected chi connectivity index (χ4v) is 3.41. The van der Waals surface area contributed by atoms with Crippen LogP contribution in [0.4, 0.5) is 4.39 Å². The Balaban J connectivity index is 1.47. The number of amides is 3. The zero-order valence-electron chi connectivity index (χ0n) is 14.0. The van der Waals surface area contributed by atoms with Gasteiger partial charge in [0.25, 0.3) is 11.8 Å². The highest BCUT2D eigenvalue weighted by Crippen LogP contribution is 2.14. The van der Waals surface area contributed by atoms with Crippen LogP contribution in [0.5, 0.6) is 0 Å². The van der Waals surface area contributed by atoms with Crippen molar-refractivity contribution in [2.45, 2.75) is 0 Å². The van der Waals surface area contributed by atoms with Crippen LogP contribution in [-0.4, -0.2) is 60.2 Å².